The van der Waals surface area contributed by atoms with E-state index in [9.17, 15) is 27.6 Å². The Labute approximate surface area is 117 Å². The number of anilines is 1. The van der Waals surface area contributed by atoms with Gasteiger partial charge in [0.05, 0.1) is 5.69 Å². The second-order valence-electron chi connectivity index (χ2n) is 4.88. The molecule has 0 aliphatic carbocycles. The highest BCUT2D eigenvalue weighted by Gasteiger charge is 2.44. The van der Waals surface area contributed by atoms with Crippen LogP contribution in [0.2, 0.25) is 0 Å². The number of carbonyl (C=O) groups is 3. The Morgan fingerprint density at radius 2 is 1.71 bits per heavy atom. The first-order valence-electron chi connectivity index (χ1n) is 6.08. The molecule has 112 valence electrons. The number of urea groups is 1. The topological polar surface area (TPSA) is 66.5 Å². The van der Waals surface area contributed by atoms with E-state index in [0.717, 1.165) is 6.07 Å². The molecule has 0 aromatic heterocycles. The Kier molecular flexibility index (Phi) is 3.71. The van der Waals surface area contributed by atoms with Gasteiger partial charge in [0.1, 0.15) is 5.92 Å². The van der Waals surface area contributed by atoms with Crippen molar-refractivity contribution in [2.45, 2.75) is 13.8 Å². The molecule has 1 aliphatic heterocycles. The normalized spacial score (nSPS) is 19.2. The highest BCUT2D eigenvalue weighted by Crippen LogP contribution is 2.28. The second kappa shape index (κ2) is 5.19. The van der Waals surface area contributed by atoms with Gasteiger partial charge in [-0.1, -0.05) is 13.8 Å². The lowest BCUT2D eigenvalue weighted by atomic mass is 9.92. The van der Waals surface area contributed by atoms with Crippen LogP contribution >= 0.6 is 0 Å². The number of benzene rings is 1. The minimum Gasteiger partial charge on any atom is -0.277 e. The fourth-order valence-electron chi connectivity index (χ4n) is 2.09. The Hall–Kier alpha value is -2.38. The monoisotopic (exact) mass is 300 g/mol. The van der Waals surface area contributed by atoms with Crippen molar-refractivity contribution in [2.75, 3.05) is 4.90 Å². The Morgan fingerprint density at radius 3 is 2.29 bits per heavy atom. The molecule has 1 aromatic carbocycles. The van der Waals surface area contributed by atoms with Crippen LogP contribution in [0.4, 0.5) is 23.7 Å². The van der Waals surface area contributed by atoms with E-state index in [1.165, 1.54) is 0 Å². The molecular formula is C13H11F3N2O3. The van der Waals surface area contributed by atoms with Crippen LogP contribution in [0.1, 0.15) is 13.8 Å². The van der Waals surface area contributed by atoms with Crippen LogP contribution in [0.25, 0.3) is 0 Å². The van der Waals surface area contributed by atoms with Crippen molar-refractivity contribution in [2.24, 2.45) is 11.8 Å². The van der Waals surface area contributed by atoms with Gasteiger partial charge < -0.3 is 0 Å². The van der Waals surface area contributed by atoms with E-state index in [1.807, 2.05) is 5.32 Å². The van der Waals surface area contributed by atoms with Gasteiger partial charge in [0.2, 0.25) is 11.8 Å². The average molecular weight is 300 g/mol. The summed E-state index contributed by atoms with van der Waals surface area (Å²) in [6.45, 7) is 3.13. The summed E-state index contributed by atoms with van der Waals surface area (Å²) < 4.78 is 39.9. The molecule has 1 heterocycles. The summed E-state index contributed by atoms with van der Waals surface area (Å²) in [5, 5.41) is 1.90. The zero-order chi connectivity index (χ0) is 15.9. The van der Waals surface area contributed by atoms with Crippen LogP contribution in [0.3, 0.4) is 0 Å². The molecule has 5 nitrogen and oxygen atoms in total. The first-order valence-corrected chi connectivity index (χ1v) is 6.08. The molecular weight excluding hydrogens is 289 g/mol. The number of nitrogens with zero attached hydrogens (tertiary/aromatic N) is 1. The third-order valence-electron chi connectivity index (χ3n) is 3.12. The summed E-state index contributed by atoms with van der Waals surface area (Å²) in [4.78, 5) is 35.9. The molecule has 2 rings (SSSR count). The van der Waals surface area contributed by atoms with Gasteiger partial charge in [-0.05, 0) is 18.1 Å². The summed E-state index contributed by atoms with van der Waals surface area (Å²) in [6, 6.07) is 0.153. The van der Waals surface area contributed by atoms with Gasteiger partial charge in [-0.15, -0.1) is 0 Å². The van der Waals surface area contributed by atoms with Crippen molar-refractivity contribution >= 4 is 23.5 Å². The number of rotatable bonds is 2. The fraction of sp³-hybridized carbons (Fsp3) is 0.308. The molecule has 1 saturated heterocycles. The molecule has 4 amide bonds. The fourth-order valence-corrected chi connectivity index (χ4v) is 2.09. The Morgan fingerprint density at radius 1 is 1.10 bits per heavy atom. The van der Waals surface area contributed by atoms with Crippen molar-refractivity contribution in [3.63, 3.8) is 0 Å². The third-order valence-corrected chi connectivity index (χ3v) is 3.12. The van der Waals surface area contributed by atoms with Crippen LogP contribution in [-0.4, -0.2) is 17.8 Å². The van der Waals surface area contributed by atoms with Gasteiger partial charge in [-0.3, -0.25) is 14.9 Å². The van der Waals surface area contributed by atoms with E-state index in [2.05, 4.69) is 0 Å². The molecule has 1 fully saturated rings. The van der Waals surface area contributed by atoms with Gasteiger partial charge in [0.15, 0.2) is 17.5 Å². The summed E-state index contributed by atoms with van der Waals surface area (Å²) in [5.74, 6) is -8.38. The van der Waals surface area contributed by atoms with Crippen LogP contribution in [0, 0.1) is 29.3 Å². The number of nitrogens with one attached hydrogen (secondary N) is 1. The quantitative estimate of drug-likeness (QED) is 0.670. The molecule has 1 N–H and O–H groups in total. The molecule has 8 heteroatoms. The first kappa shape index (κ1) is 15.0. The lowest BCUT2D eigenvalue weighted by Crippen LogP contribution is -2.59. The number of barbiturate groups is 1. The first-order chi connectivity index (χ1) is 9.75. The highest BCUT2D eigenvalue weighted by molar-refractivity contribution is 6.27. The van der Waals surface area contributed by atoms with Crippen molar-refractivity contribution in [1.82, 2.24) is 5.32 Å². The Balaban J connectivity index is 2.52. The van der Waals surface area contributed by atoms with E-state index < -0.39 is 52.8 Å². The molecule has 1 unspecified atom stereocenters. The predicted molar refractivity (Wildman–Crippen MR) is 65.7 cm³/mol. The van der Waals surface area contributed by atoms with Crippen molar-refractivity contribution in [3.8, 4) is 0 Å². The average Bonchev–Trinajstić information content (AvgIpc) is 2.37. The van der Waals surface area contributed by atoms with Gasteiger partial charge in [-0.25, -0.2) is 22.9 Å². The van der Waals surface area contributed by atoms with Gasteiger partial charge in [0.25, 0.3) is 0 Å². The van der Waals surface area contributed by atoms with E-state index >= 15 is 0 Å². The van der Waals surface area contributed by atoms with Crippen molar-refractivity contribution < 1.29 is 27.6 Å². The molecule has 0 spiro atoms. The number of imide groups is 2. The molecule has 0 radical (unpaired) electrons. The largest absolute Gasteiger partial charge is 0.335 e. The van der Waals surface area contributed by atoms with Crippen LogP contribution in [-0.2, 0) is 9.59 Å². The second-order valence-corrected chi connectivity index (χ2v) is 4.88. The van der Waals surface area contributed by atoms with Gasteiger partial charge in [0, 0.05) is 0 Å². The number of amides is 4. The van der Waals surface area contributed by atoms with Crippen LogP contribution in [0.15, 0.2) is 12.1 Å². The minimum atomic E-state index is -1.80. The minimum absolute atomic E-state index is 0.309. The lowest BCUT2D eigenvalue weighted by molar-refractivity contribution is -0.136. The zero-order valence-electron chi connectivity index (χ0n) is 11.1. The van der Waals surface area contributed by atoms with Crippen LogP contribution in [0.5, 0.6) is 0 Å². The van der Waals surface area contributed by atoms with Crippen molar-refractivity contribution in [3.05, 3.63) is 29.6 Å². The summed E-state index contributed by atoms with van der Waals surface area (Å²) in [7, 11) is 0. The number of halogens is 3. The predicted octanol–water partition coefficient (Wildman–Crippen LogP) is 1.96. The zero-order valence-corrected chi connectivity index (χ0v) is 11.1. The maximum absolute atomic E-state index is 13.7. The molecule has 1 aromatic rings. The van der Waals surface area contributed by atoms with E-state index in [1.54, 1.807) is 13.8 Å². The van der Waals surface area contributed by atoms with Crippen molar-refractivity contribution in [1.29, 1.82) is 0 Å². The summed E-state index contributed by atoms with van der Waals surface area (Å²) >= 11 is 0. The van der Waals surface area contributed by atoms with Gasteiger partial charge >= 0.3 is 6.03 Å². The van der Waals surface area contributed by atoms with E-state index in [-0.39, 0.29) is 0 Å². The summed E-state index contributed by atoms with van der Waals surface area (Å²) in [5.41, 5.74) is -0.741. The standard InChI is InChI=1S/C13H11F3N2O3/c1-5(2)8-11(19)17-13(21)18(12(8)20)7-4-3-6(14)9(15)10(7)16/h3-5,8H,1-2H3,(H,17,19,21). The molecule has 1 atom stereocenters. The highest BCUT2D eigenvalue weighted by atomic mass is 19.2. The molecule has 0 bridgehead atoms. The Bertz CT molecular complexity index is 646. The molecule has 1 aliphatic rings. The number of carbonyl (C=O) groups excluding carboxylic acids is 3. The van der Waals surface area contributed by atoms with Gasteiger partial charge in [-0.2, -0.15) is 0 Å². The summed E-state index contributed by atoms with van der Waals surface area (Å²) in [6.07, 6.45) is 0. The maximum atomic E-state index is 13.7. The SMILES string of the molecule is CC(C)C1C(=O)NC(=O)N(c2ccc(F)c(F)c2F)C1=O. The number of hydrogen-bond donors (Lipinski definition) is 1. The van der Waals surface area contributed by atoms with E-state index in [4.69, 9.17) is 0 Å². The number of hydrogen-bond acceptors (Lipinski definition) is 3. The maximum Gasteiger partial charge on any atom is 0.335 e. The third kappa shape index (κ3) is 2.37. The molecule has 21 heavy (non-hydrogen) atoms. The smallest absolute Gasteiger partial charge is 0.277 e. The van der Waals surface area contributed by atoms with E-state index in [0.29, 0.717) is 11.0 Å². The molecule has 0 saturated carbocycles. The van der Waals surface area contributed by atoms with Crippen LogP contribution < -0.4 is 10.2 Å². The lowest BCUT2D eigenvalue weighted by Gasteiger charge is -2.31.